The van der Waals surface area contributed by atoms with Gasteiger partial charge in [0.1, 0.15) is 5.69 Å². The molecule has 6 heteroatoms. The Hall–Kier alpha value is -2.11. The molecule has 1 rings (SSSR count). The molecule has 1 heterocycles. The standard InChI is InChI=1S/C16H24N2O4/c1-6-12(7-2)18-13(20)8-22-16(21)15-9(3)14(11(5)19)10(4)17-15/h12,17H,6-8H2,1-5H3,(H,18,20). The lowest BCUT2D eigenvalue weighted by atomic mass is 10.1. The highest BCUT2D eigenvalue weighted by Crippen LogP contribution is 2.19. The number of rotatable bonds is 7. The van der Waals surface area contributed by atoms with Gasteiger partial charge in [-0.15, -0.1) is 0 Å². The fourth-order valence-corrected chi connectivity index (χ4v) is 2.45. The molecule has 0 aliphatic rings. The van der Waals surface area contributed by atoms with E-state index in [1.807, 2.05) is 13.8 Å². The van der Waals surface area contributed by atoms with Gasteiger partial charge in [-0.1, -0.05) is 13.8 Å². The molecular weight excluding hydrogens is 284 g/mol. The number of esters is 1. The molecule has 1 aromatic heterocycles. The largest absolute Gasteiger partial charge is 0.451 e. The van der Waals surface area contributed by atoms with Crippen LogP contribution in [0.2, 0.25) is 0 Å². The Balaban J connectivity index is 2.69. The van der Waals surface area contributed by atoms with Crippen LogP contribution in [0.1, 0.15) is 65.7 Å². The van der Waals surface area contributed by atoms with Crippen molar-refractivity contribution in [3.63, 3.8) is 0 Å². The van der Waals surface area contributed by atoms with Crippen molar-refractivity contribution >= 4 is 17.7 Å². The molecule has 0 spiro atoms. The third-order valence-corrected chi connectivity index (χ3v) is 3.68. The first-order chi connectivity index (χ1) is 10.3. The Morgan fingerprint density at radius 3 is 2.23 bits per heavy atom. The predicted molar refractivity (Wildman–Crippen MR) is 83.1 cm³/mol. The van der Waals surface area contributed by atoms with Gasteiger partial charge < -0.3 is 15.0 Å². The van der Waals surface area contributed by atoms with Crippen LogP contribution in [0.3, 0.4) is 0 Å². The van der Waals surface area contributed by atoms with Crippen molar-refractivity contribution < 1.29 is 19.1 Å². The molecule has 0 fully saturated rings. The number of ketones is 1. The molecule has 1 amide bonds. The van der Waals surface area contributed by atoms with Gasteiger partial charge in [0.25, 0.3) is 5.91 Å². The van der Waals surface area contributed by atoms with Gasteiger partial charge in [-0.25, -0.2) is 4.79 Å². The molecule has 2 N–H and O–H groups in total. The number of H-pyrrole nitrogens is 1. The summed E-state index contributed by atoms with van der Waals surface area (Å²) in [6, 6.07) is 0.0879. The first-order valence-corrected chi connectivity index (χ1v) is 7.48. The van der Waals surface area contributed by atoms with Crippen molar-refractivity contribution in [3.05, 3.63) is 22.5 Å². The van der Waals surface area contributed by atoms with Crippen molar-refractivity contribution in [3.8, 4) is 0 Å². The van der Waals surface area contributed by atoms with E-state index in [0.717, 1.165) is 12.8 Å². The number of hydrogen-bond donors (Lipinski definition) is 2. The van der Waals surface area contributed by atoms with E-state index in [2.05, 4.69) is 10.3 Å². The number of amides is 1. The minimum Gasteiger partial charge on any atom is -0.451 e. The van der Waals surface area contributed by atoms with E-state index >= 15 is 0 Å². The van der Waals surface area contributed by atoms with Gasteiger partial charge in [0.05, 0.1) is 0 Å². The Kier molecular flexibility index (Phi) is 6.34. The Labute approximate surface area is 130 Å². The summed E-state index contributed by atoms with van der Waals surface area (Å²) in [5.74, 6) is -1.07. The first kappa shape index (κ1) is 17.9. The van der Waals surface area contributed by atoms with Crippen molar-refractivity contribution in [2.75, 3.05) is 6.61 Å². The van der Waals surface area contributed by atoms with Crippen molar-refractivity contribution in [2.24, 2.45) is 0 Å². The smallest absolute Gasteiger partial charge is 0.355 e. The quantitative estimate of drug-likeness (QED) is 0.597. The second kappa shape index (κ2) is 7.77. The molecule has 0 saturated heterocycles. The second-order valence-corrected chi connectivity index (χ2v) is 5.34. The van der Waals surface area contributed by atoms with Crippen molar-refractivity contribution in [2.45, 2.75) is 53.5 Å². The molecule has 0 radical (unpaired) electrons. The van der Waals surface area contributed by atoms with E-state index < -0.39 is 5.97 Å². The molecule has 0 aliphatic carbocycles. The summed E-state index contributed by atoms with van der Waals surface area (Å²) in [6.45, 7) is 8.48. The average molecular weight is 308 g/mol. The summed E-state index contributed by atoms with van der Waals surface area (Å²) in [7, 11) is 0. The number of nitrogens with one attached hydrogen (secondary N) is 2. The van der Waals surface area contributed by atoms with E-state index in [4.69, 9.17) is 4.74 Å². The van der Waals surface area contributed by atoms with Gasteiger partial charge in [-0.05, 0) is 39.2 Å². The number of aryl methyl sites for hydroxylation is 1. The zero-order valence-electron chi connectivity index (χ0n) is 13.8. The number of hydrogen-bond acceptors (Lipinski definition) is 4. The van der Waals surface area contributed by atoms with Crippen LogP contribution >= 0.6 is 0 Å². The summed E-state index contributed by atoms with van der Waals surface area (Å²) in [5, 5.41) is 2.79. The van der Waals surface area contributed by atoms with Crippen LogP contribution in [-0.2, 0) is 9.53 Å². The van der Waals surface area contributed by atoms with Crippen molar-refractivity contribution in [1.29, 1.82) is 0 Å². The highest BCUT2D eigenvalue weighted by molar-refractivity contribution is 6.01. The van der Waals surface area contributed by atoms with Gasteiger partial charge in [0, 0.05) is 17.3 Å². The highest BCUT2D eigenvalue weighted by atomic mass is 16.5. The number of carbonyl (C=O) groups excluding carboxylic acids is 3. The average Bonchev–Trinajstić information content (AvgIpc) is 2.77. The molecule has 0 aliphatic heterocycles. The van der Waals surface area contributed by atoms with E-state index in [1.165, 1.54) is 6.92 Å². The number of ether oxygens (including phenoxy) is 1. The van der Waals surface area contributed by atoms with Gasteiger partial charge in [0.2, 0.25) is 0 Å². The number of aromatic nitrogens is 1. The van der Waals surface area contributed by atoms with Crippen LogP contribution < -0.4 is 5.32 Å². The molecule has 1 aromatic rings. The fraction of sp³-hybridized carbons (Fsp3) is 0.562. The molecule has 122 valence electrons. The maximum Gasteiger partial charge on any atom is 0.355 e. The van der Waals surface area contributed by atoms with Crippen LogP contribution in [-0.4, -0.2) is 35.3 Å². The topological polar surface area (TPSA) is 88.3 Å². The number of carbonyl (C=O) groups is 3. The van der Waals surface area contributed by atoms with Gasteiger partial charge in [-0.3, -0.25) is 9.59 Å². The van der Waals surface area contributed by atoms with Crippen LogP contribution in [0.25, 0.3) is 0 Å². The number of Topliss-reactive ketones (excluding diaryl/α,β-unsaturated/α-hetero) is 1. The summed E-state index contributed by atoms with van der Waals surface area (Å²) in [5.41, 5.74) is 1.89. The molecule has 0 atom stereocenters. The molecule has 0 saturated carbocycles. The zero-order chi connectivity index (χ0) is 16.9. The lowest BCUT2D eigenvalue weighted by Crippen LogP contribution is -2.36. The lowest BCUT2D eigenvalue weighted by molar-refractivity contribution is -0.125. The third-order valence-electron chi connectivity index (χ3n) is 3.68. The van der Waals surface area contributed by atoms with Crippen LogP contribution in [0.5, 0.6) is 0 Å². The molecule has 22 heavy (non-hydrogen) atoms. The van der Waals surface area contributed by atoms with E-state index in [9.17, 15) is 14.4 Å². The number of aromatic amines is 1. The van der Waals surface area contributed by atoms with Crippen LogP contribution in [0.15, 0.2) is 0 Å². The Bertz CT molecular complexity index is 571. The van der Waals surface area contributed by atoms with Crippen LogP contribution in [0, 0.1) is 13.8 Å². The molecule has 0 bridgehead atoms. The minimum atomic E-state index is -0.632. The summed E-state index contributed by atoms with van der Waals surface area (Å²) >= 11 is 0. The van der Waals surface area contributed by atoms with Crippen molar-refractivity contribution in [1.82, 2.24) is 10.3 Å². The summed E-state index contributed by atoms with van der Waals surface area (Å²) in [4.78, 5) is 38.2. The van der Waals surface area contributed by atoms with Crippen LogP contribution in [0.4, 0.5) is 0 Å². The first-order valence-electron chi connectivity index (χ1n) is 7.48. The molecule has 0 aromatic carbocycles. The molecule has 6 nitrogen and oxygen atoms in total. The normalized spacial score (nSPS) is 10.6. The fourth-order valence-electron chi connectivity index (χ4n) is 2.45. The SMILES string of the molecule is CCC(CC)NC(=O)COC(=O)c1[nH]c(C)c(C(C)=O)c1C. The van der Waals surface area contributed by atoms with E-state index in [1.54, 1.807) is 13.8 Å². The third kappa shape index (κ3) is 4.19. The monoisotopic (exact) mass is 308 g/mol. The lowest BCUT2D eigenvalue weighted by Gasteiger charge is -2.14. The Morgan fingerprint density at radius 2 is 1.77 bits per heavy atom. The maximum absolute atomic E-state index is 12.0. The minimum absolute atomic E-state index is 0.0879. The second-order valence-electron chi connectivity index (χ2n) is 5.34. The van der Waals surface area contributed by atoms with Gasteiger partial charge in [0.15, 0.2) is 12.4 Å². The van der Waals surface area contributed by atoms with Gasteiger partial charge in [-0.2, -0.15) is 0 Å². The Morgan fingerprint density at radius 1 is 1.18 bits per heavy atom. The maximum atomic E-state index is 12.0. The van der Waals surface area contributed by atoms with E-state index in [-0.39, 0.29) is 30.0 Å². The molecular formula is C16H24N2O4. The molecule has 0 unspecified atom stereocenters. The van der Waals surface area contributed by atoms with E-state index in [0.29, 0.717) is 16.8 Å². The zero-order valence-corrected chi connectivity index (χ0v) is 13.8. The highest BCUT2D eigenvalue weighted by Gasteiger charge is 2.21. The summed E-state index contributed by atoms with van der Waals surface area (Å²) < 4.78 is 5.02. The van der Waals surface area contributed by atoms with Gasteiger partial charge >= 0.3 is 5.97 Å². The summed E-state index contributed by atoms with van der Waals surface area (Å²) in [6.07, 6.45) is 1.65. The predicted octanol–water partition coefficient (Wildman–Crippen LogP) is 2.30.